The highest BCUT2D eigenvalue weighted by Crippen LogP contribution is 2.26. The summed E-state index contributed by atoms with van der Waals surface area (Å²) in [5.41, 5.74) is 1.10. The SMILES string of the molecule is CCCC(=O)NC(CC(=O)O)C(=O)NC1C(=O)NC(CC(C)C)C(=O)NC2CCC(O)N(C2=O)C(Cc2ccccc2)C(=O)N(C)C(Cc2ccc(O)cc2)C(=O)NC(C(C)C)C(=O)OC1C. The van der Waals surface area contributed by atoms with Crippen LogP contribution in [0.1, 0.15) is 91.2 Å². The summed E-state index contributed by atoms with van der Waals surface area (Å²) in [4.78, 5) is 127. The zero-order valence-electron chi connectivity index (χ0n) is 39.0. The van der Waals surface area contributed by atoms with Crippen LogP contribution in [0.25, 0.3) is 0 Å². The first-order chi connectivity index (χ1) is 31.6. The lowest BCUT2D eigenvalue weighted by Gasteiger charge is -2.43. The molecular weight excluding hydrogens is 871 g/mol. The molecule has 2 aliphatic heterocycles. The largest absolute Gasteiger partial charge is 0.508 e. The van der Waals surface area contributed by atoms with Gasteiger partial charge in [-0.25, -0.2) is 4.79 Å². The van der Waals surface area contributed by atoms with Gasteiger partial charge in [-0.1, -0.05) is 77.1 Å². The number of amides is 7. The van der Waals surface area contributed by atoms with Gasteiger partial charge in [-0.05, 0) is 67.7 Å². The minimum atomic E-state index is -1.82. The lowest BCUT2D eigenvalue weighted by molar-refractivity contribution is -0.165. The first kappa shape index (κ1) is 53.0. The van der Waals surface area contributed by atoms with Gasteiger partial charge in [-0.2, -0.15) is 0 Å². The Labute approximate surface area is 389 Å². The Morgan fingerprint density at radius 2 is 1.45 bits per heavy atom. The summed E-state index contributed by atoms with van der Waals surface area (Å²) in [6.07, 6.45) is -4.02. The molecule has 2 aliphatic rings. The average molecular weight is 936 g/mol. The van der Waals surface area contributed by atoms with Crippen molar-refractivity contribution in [3.05, 3.63) is 65.7 Å². The third kappa shape index (κ3) is 14.7. The molecule has 4 rings (SSSR count). The number of nitrogens with zero attached hydrogens (tertiary/aromatic N) is 2. The van der Waals surface area contributed by atoms with E-state index in [1.54, 1.807) is 77.1 Å². The van der Waals surface area contributed by atoms with Crippen molar-refractivity contribution in [1.29, 1.82) is 0 Å². The number of fused-ring (bicyclic) bond motifs is 2. The standard InChI is InChI=1S/C47H65N7O13/c1-8-12-36(56)48-33(24-38(58)59)42(61)52-40-27(6)67-47(66)39(26(4)5)51-43(62)34(22-29-15-17-30(55)18-16-29)53(7)46(65)35(23-28-13-10-9-11-14-28)54-37(57)20-19-31(45(54)64)49-41(60)32(21-25(2)3)50-44(40)63/h9-11,13-18,25-27,31-35,37,39-40,55,57H,8,12,19-24H2,1-7H3,(H,48,56)(H,49,60)(H,50,63)(H,51,62)(H,52,61)(H,58,59). The Morgan fingerprint density at radius 1 is 0.821 bits per heavy atom. The van der Waals surface area contributed by atoms with E-state index in [-0.39, 0.29) is 50.2 Å². The number of hydrogen-bond donors (Lipinski definition) is 8. The molecule has 366 valence electrons. The monoisotopic (exact) mass is 935 g/mol. The summed E-state index contributed by atoms with van der Waals surface area (Å²) in [5, 5.41) is 43.9. The topological polar surface area (TPSA) is 290 Å². The molecule has 9 atom stereocenters. The van der Waals surface area contributed by atoms with Gasteiger partial charge in [0.25, 0.3) is 0 Å². The molecular formula is C47H65N7O13. The fourth-order valence-corrected chi connectivity index (χ4v) is 8.03. The summed E-state index contributed by atoms with van der Waals surface area (Å²) in [6.45, 7) is 9.69. The Morgan fingerprint density at radius 3 is 2.04 bits per heavy atom. The third-order valence-corrected chi connectivity index (χ3v) is 11.7. The maximum atomic E-state index is 15.0. The van der Waals surface area contributed by atoms with Crippen molar-refractivity contribution in [2.75, 3.05) is 7.05 Å². The van der Waals surface area contributed by atoms with Gasteiger partial charge in [0.15, 0.2) is 0 Å². The number of phenols is 1. The number of aromatic hydroxyl groups is 1. The number of aliphatic hydroxyl groups excluding tert-OH is 1. The average Bonchev–Trinajstić information content (AvgIpc) is 3.26. The van der Waals surface area contributed by atoms with Gasteiger partial charge in [0.1, 0.15) is 60.4 Å². The van der Waals surface area contributed by atoms with E-state index in [0.29, 0.717) is 17.5 Å². The maximum Gasteiger partial charge on any atom is 0.329 e. The second-order valence-electron chi connectivity index (χ2n) is 17.9. The number of carboxylic acids is 1. The number of benzene rings is 2. The molecule has 0 aliphatic carbocycles. The van der Waals surface area contributed by atoms with Gasteiger partial charge < -0.3 is 56.4 Å². The summed E-state index contributed by atoms with van der Waals surface area (Å²) in [7, 11) is 1.35. The van der Waals surface area contributed by atoms with E-state index < -0.39 is 120 Å². The van der Waals surface area contributed by atoms with Crippen LogP contribution in [0, 0.1) is 11.8 Å². The lowest BCUT2D eigenvalue weighted by atomic mass is 9.95. The number of esters is 1. The Kier molecular flexibility index (Phi) is 19.2. The highest BCUT2D eigenvalue weighted by Gasteiger charge is 2.46. The zero-order valence-corrected chi connectivity index (χ0v) is 39.0. The predicted octanol–water partition coefficient (Wildman–Crippen LogP) is 0.660. The number of likely N-dealkylation sites (N-methyl/N-ethyl adjacent to an activating group) is 1. The summed E-state index contributed by atoms with van der Waals surface area (Å²) in [5.74, 6) is -9.55. The molecule has 9 unspecified atom stereocenters. The summed E-state index contributed by atoms with van der Waals surface area (Å²) in [6, 6.07) is 4.12. The molecule has 20 nitrogen and oxygen atoms in total. The van der Waals surface area contributed by atoms with Crippen molar-refractivity contribution >= 4 is 53.3 Å². The van der Waals surface area contributed by atoms with Crippen LogP contribution in [0.3, 0.4) is 0 Å². The van der Waals surface area contributed by atoms with Crippen LogP contribution >= 0.6 is 0 Å². The van der Waals surface area contributed by atoms with E-state index in [0.717, 1.165) is 9.80 Å². The molecule has 2 heterocycles. The first-order valence-corrected chi connectivity index (χ1v) is 22.6. The lowest BCUT2D eigenvalue weighted by Crippen LogP contribution is -2.65. The molecule has 2 aromatic rings. The minimum Gasteiger partial charge on any atom is -0.508 e. The number of cyclic esters (lactones) is 1. The van der Waals surface area contributed by atoms with Gasteiger partial charge in [0.05, 0.1) is 6.42 Å². The Hall–Kier alpha value is -6.57. The van der Waals surface area contributed by atoms with Crippen molar-refractivity contribution in [2.45, 2.75) is 148 Å². The molecule has 2 bridgehead atoms. The van der Waals surface area contributed by atoms with Crippen LogP contribution in [0.2, 0.25) is 0 Å². The molecule has 7 amide bonds. The number of piperidine rings is 1. The number of phenolic OH excluding ortho intramolecular Hbond substituents is 1. The molecule has 0 spiro atoms. The van der Waals surface area contributed by atoms with E-state index in [4.69, 9.17) is 4.74 Å². The fraction of sp³-hybridized carbons (Fsp3) is 0.553. The smallest absolute Gasteiger partial charge is 0.329 e. The van der Waals surface area contributed by atoms with Gasteiger partial charge in [0.2, 0.25) is 41.4 Å². The molecule has 2 fully saturated rings. The van der Waals surface area contributed by atoms with Crippen molar-refractivity contribution in [3.8, 4) is 5.75 Å². The first-order valence-electron chi connectivity index (χ1n) is 22.6. The van der Waals surface area contributed by atoms with Crippen LogP contribution in [0.5, 0.6) is 5.75 Å². The van der Waals surface area contributed by atoms with Gasteiger partial charge in [-0.15, -0.1) is 0 Å². The second-order valence-corrected chi connectivity index (χ2v) is 17.9. The Bertz CT molecular complexity index is 2100. The predicted molar refractivity (Wildman–Crippen MR) is 241 cm³/mol. The number of rotatable bonds is 14. The zero-order chi connectivity index (χ0) is 49.7. The van der Waals surface area contributed by atoms with Crippen molar-refractivity contribution in [3.63, 3.8) is 0 Å². The molecule has 8 N–H and O–H groups in total. The Balaban J connectivity index is 1.88. The number of carbonyl (C=O) groups excluding carboxylic acids is 8. The molecule has 0 saturated carbocycles. The number of hydrogen-bond acceptors (Lipinski definition) is 12. The molecule has 0 radical (unpaired) electrons. The van der Waals surface area contributed by atoms with E-state index >= 15 is 0 Å². The highest BCUT2D eigenvalue weighted by molar-refractivity contribution is 5.99. The minimum absolute atomic E-state index is 0.00183. The van der Waals surface area contributed by atoms with E-state index in [1.165, 1.54) is 26.1 Å². The van der Waals surface area contributed by atoms with Gasteiger partial charge in [0, 0.05) is 26.3 Å². The van der Waals surface area contributed by atoms with E-state index in [1.807, 2.05) is 0 Å². The van der Waals surface area contributed by atoms with Crippen LogP contribution < -0.4 is 26.6 Å². The summed E-state index contributed by atoms with van der Waals surface area (Å²) >= 11 is 0. The molecule has 2 aromatic carbocycles. The number of aliphatic carboxylic acids is 1. The highest BCUT2D eigenvalue weighted by atomic mass is 16.5. The van der Waals surface area contributed by atoms with Crippen molar-refractivity contribution < 1.29 is 63.2 Å². The molecule has 67 heavy (non-hydrogen) atoms. The van der Waals surface area contributed by atoms with E-state index in [9.17, 15) is 58.5 Å². The number of carboxylic acid groups (broad SMARTS) is 1. The van der Waals surface area contributed by atoms with Gasteiger partial charge in [-0.3, -0.25) is 38.4 Å². The molecule has 20 heteroatoms. The normalized spacial score (nSPS) is 25.2. The number of ether oxygens (including phenoxy) is 1. The quantitative estimate of drug-likeness (QED) is 0.121. The van der Waals surface area contributed by atoms with Crippen molar-refractivity contribution in [2.24, 2.45) is 11.8 Å². The fourth-order valence-electron chi connectivity index (χ4n) is 8.03. The second kappa shape index (κ2) is 24.3. The maximum absolute atomic E-state index is 15.0. The van der Waals surface area contributed by atoms with Crippen LogP contribution in [-0.2, 0) is 60.7 Å². The number of nitrogens with one attached hydrogen (secondary N) is 5. The van der Waals surface area contributed by atoms with Crippen LogP contribution in [0.4, 0.5) is 0 Å². The molecule has 2 saturated heterocycles. The number of aliphatic hydroxyl groups is 1. The van der Waals surface area contributed by atoms with Crippen LogP contribution in [0.15, 0.2) is 54.6 Å². The summed E-state index contributed by atoms with van der Waals surface area (Å²) < 4.78 is 5.81. The van der Waals surface area contributed by atoms with E-state index in [2.05, 4.69) is 26.6 Å². The molecule has 0 aromatic heterocycles. The number of carbonyl (C=O) groups is 9. The van der Waals surface area contributed by atoms with Crippen LogP contribution in [-0.4, -0.2) is 140 Å². The van der Waals surface area contributed by atoms with Crippen molar-refractivity contribution in [1.82, 2.24) is 36.4 Å². The third-order valence-electron chi connectivity index (χ3n) is 11.7. The van der Waals surface area contributed by atoms with Gasteiger partial charge >= 0.3 is 11.9 Å².